The molecular formula is C25H32Br2N2O3. The van der Waals surface area contributed by atoms with Gasteiger partial charge in [-0.25, -0.2) is 0 Å². The summed E-state index contributed by atoms with van der Waals surface area (Å²) in [4.78, 5) is 27.4. The van der Waals surface area contributed by atoms with Crippen LogP contribution in [0.15, 0.2) is 51.4 Å². The van der Waals surface area contributed by atoms with Gasteiger partial charge in [-0.3, -0.25) is 9.59 Å². The minimum absolute atomic E-state index is 0.155. The molecule has 1 atom stereocenters. The normalized spacial score (nSPS) is 12.0. The van der Waals surface area contributed by atoms with Crippen LogP contribution in [0.1, 0.15) is 51.7 Å². The molecule has 0 saturated carbocycles. The minimum Gasteiger partial charge on any atom is -0.483 e. The Balaban J connectivity index is 2.15. The van der Waals surface area contributed by atoms with Gasteiger partial charge >= 0.3 is 0 Å². The van der Waals surface area contributed by atoms with E-state index in [0.717, 1.165) is 14.5 Å². The Hall–Kier alpha value is -1.86. The van der Waals surface area contributed by atoms with Crippen molar-refractivity contribution in [3.8, 4) is 5.75 Å². The van der Waals surface area contributed by atoms with Crippen LogP contribution in [-0.4, -0.2) is 35.9 Å². The molecule has 0 fully saturated rings. The maximum Gasteiger partial charge on any atom is 0.261 e. The Labute approximate surface area is 208 Å². The second-order valence-electron chi connectivity index (χ2n) is 8.60. The molecule has 0 spiro atoms. The van der Waals surface area contributed by atoms with E-state index in [1.54, 1.807) is 11.8 Å². The molecular weight excluding hydrogens is 536 g/mol. The lowest BCUT2D eigenvalue weighted by molar-refractivity contribution is -0.142. The number of carbonyl (C=O) groups excluding carboxylic acids is 2. The predicted octanol–water partition coefficient (Wildman–Crippen LogP) is 5.90. The summed E-state index contributed by atoms with van der Waals surface area (Å²) in [6.45, 7) is 10.8. The molecule has 0 heterocycles. The zero-order valence-corrected chi connectivity index (χ0v) is 22.5. The average molecular weight is 568 g/mol. The molecule has 0 aliphatic carbocycles. The van der Waals surface area contributed by atoms with E-state index in [-0.39, 0.29) is 18.4 Å². The zero-order valence-electron chi connectivity index (χ0n) is 19.3. The van der Waals surface area contributed by atoms with Crippen molar-refractivity contribution in [3.63, 3.8) is 0 Å². The van der Waals surface area contributed by atoms with Crippen LogP contribution in [0.4, 0.5) is 0 Å². The number of nitrogens with one attached hydrogen (secondary N) is 1. The fourth-order valence-corrected chi connectivity index (χ4v) is 3.81. The van der Waals surface area contributed by atoms with Crippen molar-refractivity contribution in [1.82, 2.24) is 10.2 Å². The van der Waals surface area contributed by atoms with Crippen LogP contribution >= 0.6 is 31.9 Å². The average Bonchev–Trinajstić information content (AvgIpc) is 2.75. The van der Waals surface area contributed by atoms with E-state index in [1.807, 2.05) is 56.3 Å². The van der Waals surface area contributed by atoms with Crippen molar-refractivity contribution in [2.75, 3.05) is 13.2 Å². The molecule has 2 rings (SSSR count). The number of halogens is 2. The number of ether oxygens (including phenoxy) is 1. The third kappa shape index (κ3) is 7.93. The van der Waals surface area contributed by atoms with Crippen LogP contribution < -0.4 is 10.1 Å². The summed E-state index contributed by atoms with van der Waals surface area (Å²) in [5, 5.41) is 2.92. The standard InChI is InChI=1S/C25H32Br2N2O3/c1-16(2)13-28-25(31)18(5)29(14-19-6-9-21(26)10-7-19)24(30)15-32-23-11-8-20(17(3)4)12-22(23)27/h6-12,16-18H,13-15H2,1-5H3,(H,28,31)/t18-/m0/s1. The van der Waals surface area contributed by atoms with Crippen molar-refractivity contribution in [3.05, 3.63) is 62.5 Å². The summed E-state index contributed by atoms with van der Waals surface area (Å²) >= 11 is 6.96. The third-order valence-corrected chi connectivity index (χ3v) is 6.24. The van der Waals surface area contributed by atoms with Gasteiger partial charge in [-0.05, 0) is 70.1 Å². The van der Waals surface area contributed by atoms with Gasteiger partial charge in [-0.2, -0.15) is 0 Å². The monoisotopic (exact) mass is 566 g/mol. The number of amides is 2. The molecule has 2 amide bonds. The van der Waals surface area contributed by atoms with E-state index in [1.165, 1.54) is 5.56 Å². The quantitative estimate of drug-likeness (QED) is 0.388. The van der Waals surface area contributed by atoms with E-state index in [9.17, 15) is 9.59 Å². The highest BCUT2D eigenvalue weighted by Crippen LogP contribution is 2.29. The highest BCUT2D eigenvalue weighted by Gasteiger charge is 2.26. The summed E-state index contributed by atoms with van der Waals surface area (Å²) in [5.74, 6) is 0.902. The summed E-state index contributed by atoms with van der Waals surface area (Å²) in [6.07, 6.45) is 0. The van der Waals surface area contributed by atoms with E-state index in [4.69, 9.17) is 4.74 Å². The number of benzene rings is 2. The second kappa shape index (κ2) is 12.4. The highest BCUT2D eigenvalue weighted by atomic mass is 79.9. The molecule has 0 aliphatic heterocycles. The number of hydrogen-bond donors (Lipinski definition) is 1. The molecule has 0 bridgehead atoms. The molecule has 5 nitrogen and oxygen atoms in total. The zero-order chi connectivity index (χ0) is 23.8. The van der Waals surface area contributed by atoms with Crippen molar-refractivity contribution in [2.24, 2.45) is 5.92 Å². The molecule has 0 saturated heterocycles. The molecule has 0 unspecified atom stereocenters. The predicted molar refractivity (Wildman–Crippen MR) is 136 cm³/mol. The molecule has 0 aliphatic rings. The fourth-order valence-electron chi connectivity index (χ4n) is 3.04. The molecule has 2 aromatic rings. The smallest absolute Gasteiger partial charge is 0.261 e. The van der Waals surface area contributed by atoms with Crippen LogP contribution in [0.25, 0.3) is 0 Å². The fraction of sp³-hybridized carbons (Fsp3) is 0.440. The Kier molecular flexibility index (Phi) is 10.2. The van der Waals surface area contributed by atoms with Crippen LogP contribution in [0.3, 0.4) is 0 Å². The Morgan fingerprint density at radius 3 is 2.22 bits per heavy atom. The first kappa shape index (κ1) is 26.4. The molecule has 7 heteroatoms. The minimum atomic E-state index is -0.625. The summed E-state index contributed by atoms with van der Waals surface area (Å²) < 4.78 is 7.58. The van der Waals surface area contributed by atoms with Crippen molar-refractivity contribution in [2.45, 2.75) is 53.1 Å². The van der Waals surface area contributed by atoms with Gasteiger partial charge in [0.15, 0.2) is 6.61 Å². The van der Waals surface area contributed by atoms with E-state index in [0.29, 0.717) is 30.7 Å². The molecule has 174 valence electrons. The van der Waals surface area contributed by atoms with Gasteiger partial charge in [0.2, 0.25) is 5.91 Å². The Bertz CT molecular complexity index is 914. The van der Waals surface area contributed by atoms with E-state index < -0.39 is 6.04 Å². The van der Waals surface area contributed by atoms with Gasteiger partial charge in [-0.1, -0.05) is 61.8 Å². The number of nitrogens with zero attached hydrogens (tertiary/aromatic N) is 1. The Morgan fingerprint density at radius 2 is 1.66 bits per heavy atom. The molecule has 32 heavy (non-hydrogen) atoms. The largest absolute Gasteiger partial charge is 0.483 e. The van der Waals surface area contributed by atoms with E-state index in [2.05, 4.69) is 51.0 Å². The Morgan fingerprint density at radius 1 is 1.00 bits per heavy atom. The maximum atomic E-state index is 13.2. The summed E-state index contributed by atoms with van der Waals surface area (Å²) in [6, 6.07) is 13.0. The number of rotatable bonds is 10. The van der Waals surface area contributed by atoms with Gasteiger partial charge in [0.25, 0.3) is 5.91 Å². The first-order valence-electron chi connectivity index (χ1n) is 10.8. The lowest BCUT2D eigenvalue weighted by atomic mass is 10.0. The lowest BCUT2D eigenvalue weighted by Crippen LogP contribution is -2.49. The summed E-state index contributed by atoms with van der Waals surface area (Å²) in [7, 11) is 0. The topological polar surface area (TPSA) is 58.6 Å². The number of hydrogen-bond acceptors (Lipinski definition) is 3. The van der Waals surface area contributed by atoms with Gasteiger partial charge in [0, 0.05) is 17.6 Å². The highest BCUT2D eigenvalue weighted by molar-refractivity contribution is 9.10. The maximum absolute atomic E-state index is 13.2. The van der Waals surface area contributed by atoms with Gasteiger partial charge in [0.1, 0.15) is 11.8 Å². The van der Waals surface area contributed by atoms with Crippen LogP contribution in [-0.2, 0) is 16.1 Å². The first-order chi connectivity index (χ1) is 15.1. The second-order valence-corrected chi connectivity index (χ2v) is 10.4. The molecule has 0 aromatic heterocycles. The van der Waals surface area contributed by atoms with Gasteiger partial charge < -0.3 is 15.0 Å². The van der Waals surface area contributed by atoms with Crippen molar-refractivity contribution >= 4 is 43.7 Å². The van der Waals surface area contributed by atoms with Crippen molar-refractivity contribution < 1.29 is 14.3 Å². The molecule has 2 aromatic carbocycles. The number of carbonyl (C=O) groups is 2. The van der Waals surface area contributed by atoms with Crippen molar-refractivity contribution in [1.29, 1.82) is 0 Å². The molecule has 0 radical (unpaired) electrons. The van der Waals surface area contributed by atoms with Gasteiger partial charge in [0.05, 0.1) is 4.47 Å². The lowest BCUT2D eigenvalue weighted by Gasteiger charge is -2.29. The molecule has 1 N–H and O–H groups in total. The van der Waals surface area contributed by atoms with E-state index >= 15 is 0 Å². The SMILES string of the molecule is CC(C)CNC(=O)[C@H](C)N(Cc1ccc(Br)cc1)C(=O)COc1ccc(C(C)C)cc1Br. The first-order valence-corrected chi connectivity index (χ1v) is 12.4. The van der Waals surface area contributed by atoms with Crippen LogP contribution in [0, 0.1) is 5.92 Å². The third-order valence-electron chi connectivity index (χ3n) is 5.09. The van der Waals surface area contributed by atoms with Gasteiger partial charge in [-0.15, -0.1) is 0 Å². The van der Waals surface area contributed by atoms with Crippen LogP contribution in [0.2, 0.25) is 0 Å². The summed E-state index contributed by atoms with van der Waals surface area (Å²) in [5.41, 5.74) is 2.12. The van der Waals surface area contributed by atoms with Crippen LogP contribution in [0.5, 0.6) is 5.75 Å².